The lowest BCUT2D eigenvalue weighted by Gasteiger charge is -2.08. The number of nitrogens with zero attached hydrogens (tertiary/aromatic N) is 2. The van der Waals surface area contributed by atoms with Crippen LogP contribution in [-0.4, -0.2) is 21.6 Å². The van der Waals surface area contributed by atoms with Gasteiger partial charge in [0.2, 0.25) is 5.91 Å². The van der Waals surface area contributed by atoms with Crippen molar-refractivity contribution in [2.24, 2.45) is 0 Å². The number of nitrogens with one attached hydrogen (secondary N) is 2. The van der Waals surface area contributed by atoms with E-state index in [-0.39, 0.29) is 11.8 Å². The first kappa shape index (κ1) is 18.7. The zero-order chi connectivity index (χ0) is 19.4. The topological polar surface area (TPSA) is 76.0 Å². The maximum absolute atomic E-state index is 12.6. The van der Waals surface area contributed by atoms with Gasteiger partial charge in [0.15, 0.2) is 0 Å². The Labute approximate surface area is 162 Å². The van der Waals surface area contributed by atoms with Gasteiger partial charge in [0, 0.05) is 22.8 Å². The predicted molar refractivity (Wildman–Crippen MR) is 107 cm³/mol. The van der Waals surface area contributed by atoms with Gasteiger partial charge >= 0.3 is 0 Å². The average molecular weight is 383 g/mol. The molecular weight excluding hydrogens is 364 g/mol. The largest absolute Gasteiger partial charge is 0.326 e. The van der Waals surface area contributed by atoms with Crippen LogP contribution in [0, 0.1) is 6.92 Å². The minimum Gasteiger partial charge on any atom is -0.326 e. The molecule has 0 aliphatic carbocycles. The van der Waals surface area contributed by atoms with Crippen molar-refractivity contribution in [1.29, 1.82) is 0 Å². The van der Waals surface area contributed by atoms with Gasteiger partial charge in [-0.2, -0.15) is 5.10 Å². The highest BCUT2D eigenvalue weighted by Gasteiger charge is 2.15. The van der Waals surface area contributed by atoms with E-state index in [1.165, 1.54) is 6.20 Å². The molecule has 0 unspecified atom stereocenters. The Morgan fingerprint density at radius 3 is 2.37 bits per heavy atom. The normalized spacial score (nSPS) is 10.5. The maximum Gasteiger partial charge on any atom is 0.259 e. The molecule has 1 aromatic heterocycles. The van der Waals surface area contributed by atoms with Crippen molar-refractivity contribution < 1.29 is 9.59 Å². The van der Waals surface area contributed by atoms with Crippen LogP contribution in [0.4, 0.5) is 11.4 Å². The van der Waals surface area contributed by atoms with Gasteiger partial charge in [0.25, 0.3) is 5.91 Å². The third-order valence-electron chi connectivity index (χ3n) is 4.05. The van der Waals surface area contributed by atoms with E-state index in [4.69, 9.17) is 11.6 Å². The summed E-state index contributed by atoms with van der Waals surface area (Å²) < 4.78 is 1.67. The van der Waals surface area contributed by atoms with Crippen LogP contribution in [0.15, 0.2) is 54.7 Å². The number of halogens is 1. The Bertz CT molecular complexity index is 980. The summed E-state index contributed by atoms with van der Waals surface area (Å²) in [6.07, 6.45) is 1.94. The molecule has 7 heteroatoms. The Morgan fingerprint density at radius 2 is 1.74 bits per heavy atom. The molecule has 0 atom stereocenters. The van der Waals surface area contributed by atoms with Crippen molar-refractivity contribution in [2.45, 2.75) is 20.3 Å². The van der Waals surface area contributed by atoms with Gasteiger partial charge in [-0.1, -0.05) is 24.6 Å². The molecule has 0 spiro atoms. The number of hydrogen-bond donors (Lipinski definition) is 2. The lowest BCUT2D eigenvalue weighted by Crippen LogP contribution is -2.13. The van der Waals surface area contributed by atoms with E-state index in [1.807, 2.05) is 19.1 Å². The molecule has 1 heterocycles. The molecule has 0 bridgehead atoms. The van der Waals surface area contributed by atoms with Crippen molar-refractivity contribution in [2.75, 3.05) is 10.6 Å². The Kier molecular flexibility index (Phi) is 5.57. The van der Waals surface area contributed by atoms with Crippen LogP contribution in [0.3, 0.4) is 0 Å². The molecular formula is C20H19ClN4O2. The van der Waals surface area contributed by atoms with Gasteiger partial charge in [-0.15, -0.1) is 0 Å². The molecule has 27 heavy (non-hydrogen) atoms. The Morgan fingerprint density at radius 1 is 1.07 bits per heavy atom. The number of amides is 2. The third kappa shape index (κ3) is 4.35. The smallest absolute Gasteiger partial charge is 0.259 e. The van der Waals surface area contributed by atoms with Gasteiger partial charge in [0.05, 0.1) is 23.1 Å². The van der Waals surface area contributed by atoms with Crippen LogP contribution >= 0.6 is 11.6 Å². The maximum atomic E-state index is 12.6. The number of anilines is 2. The van der Waals surface area contributed by atoms with Crippen molar-refractivity contribution in [3.05, 3.63) is 71.0 Å². The molecule has 6 nitrogen and oxygen atoms in total. The summed E-state index contributed by atoms with van der Waals surface area (Å²) in [5.74, 6) is -0.318. The minimum absolute atomic E-state index is 0.0594. The van der Waals surface area contributed by atoms with Crippen LogP contribution in [0.1, 0.15) is 29.4 Å². The molecule has 2 aromatic carbocycles. The SMILES string of the molecule is CCC(=O)Nc1ccc(NC(=O)c2cnn(-c3cccc(Cl)c3)c2C)cc1. The molecule has 0 saturated carbocycles. The van der Waals surface area contributed by atoms with E-state index >= 15 is 0 Å². The quantitative estimate of drug-likeness (QED) is 0.685. The van der Waals surface area contributed by atoms with Crippen LogP contribution in [0.5, 0.6) is 0 Å². The number of hydrogen-bond acceptors (Lipinski definition) is 3. The number of carbonyl (C=O) groups excluding carboxylic acids is 2. The van der Waals surface area contributed by atoms with E-state index < -0.39 is 0 Å². The molecule has 0 aliphatic rings. The van der Waals surface area contributed by atoms with Crippen molar-refractivity contribution in [1.82, 2.24) is 9.78 Å². The fourth-order valence-electron chi connectivity index (χ4n) is 2.59. The Hall–Kier alpha value is -3.12. The van der Waals surface area contributed by atoms with Gasteiger partial charge in [-0.3, -0.25) is 9.59 Å². The summed E-state index contributed by atoms with van der Waals surface area (Å²) in [6, 6.07) is 14.2. The number of aromatic nitrogens is 2. The first-order valence-corrected chi connectivity index (χ1v) is 8.87. The van der Waals surface area contributed by atoms with E-state index in [1.54, 1.807) is 48.0 Å². The summed E-state index contributed by atoms with van der Waals surface area (Å²) in [6.45, 7) is 3.61. The van der Waals surface area contributed by atoms with Crippen LogP contribution in [0.2, 0.25) is 5.02 Å². The first-order chi connectivity index (χ1) is 13.0. The van der Waals surface area contributed by atoms with Crippen molar-refractivity contribution in [3.8, 4) is 5.69 Å². The minimum atomic E-state index is -0.258. The lowest BCUT2D eigenvalue weighted by molar-refractivity contribution is -0.115. The number of rotatable bonds is 5. The second-order valence-electron chi connectivity index (χ2n) is 5.97. The Balaban J connectivity index is 1.74. The van der Waals surface area contributed by atoms with Crippen molar-refractivity contribution >= 4 is 34.8 Å². The fourth-order valence-corrected chi connectivity index (χ4v) is 2.77. The summed E-state index contributed by atoms with van der Waals surface area (Å²) in [4.78, 5) is 24.0. The highest BCUT2D eigenvalue weighted by molar-refractivity contribution is 6.30. The summed E-state index contributed by atoms with van der Waals surface area (Å²) in [5, 5.41) is 10.5. The monoisotopic (exact) mass is 382 g/mol. The number of carbonyl (C=O) groups is 2. The standard InChI is InChI=1S/C20H19ClN4O2/c1-3-19(26)23-15-7-9-16(10-8-15)24-20(27)18-12-22-25(13(18)2)17-6-4-5-14(21)11-17/h4-12H,3H2,1-2H3,(H,23,26)(H,24,27). The second kappa shape index (κ2) is 8.05. The predicted octanol–water partition coefficient (Wildman–Crippen LogP) is 4.43. The van der Waals surface area contributed by atoms with Crippen molar-refractivity contribution in [3.63, 3.8) is 0 Å². The van der Waals surface area contributed by atoms with Crippen LogP contribution in [-0.2, 0) is 4.79 Å². The lowest BCUT2D eigenvalue weighted by atomic mass is 10.2. The highest BCUT2D eigenvalue weighted by atomic mass is 35.5. The molecule has 3 rings (SSSR count). The van der Waals surface area contributed by atoms with Gasteiger partial charge in [-0.25, -0.2) is 4.68 Å². The molecule has 138 valence electrons. The van der Waals surface area contributed by atoms with E-state index in [9.17, 15) is 9.59 Å². The van der Waals surface area contributed by atoms with Gasteiger partial charge < -0.3 is 10.6 Å². The zero-order valence-electron chi connectivity index (χ0n) is 15.0. The molecule has 2 N–H and O–H groups in total. The van der Waals surface area contributed by atoms with Gasteiger partial charge in [-0.05, 0) is 49.4 Å². The average Bonchev–Trinajstić information content (AvgIpc) is 3.04. The fraction of sp³-hybridized carbons (Fsp3) is 0.150. The summed E-state index contributed by atoms with van der Waals surface area (Å²) in [5.41, 5.74) is 3.28. The molecule has 0 saturated heterocycles. The molecule has 3 aromatic rings. The molecule has 0 fully saturated rings. The molecule has 0 aliphatic heterocycles. The summed E-state index contributed by atoms with van der Waals surface area (Å²) in [7, 11) is 0. The molecule has 0 radical (unpaired) electrons. The highest BCUT2D eigenvalue weighted by Crippen LogP contribution is 2.20. The molecule has 2 amide bonds. The zero-order valence-corrected chi connectivity index (χ0v) is 15.7. The summed E-state index contributed by atoms with van der Waals surface area (Å²) >= 11 is 6.03. The van der Waals surface area contributed by atoms with Crippen LogP contribution < -0.4 is 10.6 Å². The van der Waals surface area contributed by atoms with E-state index in [2.05, 4.69) is 15.7 Å². The van der Waals surface area contributed by atoms with Gasteiger partial charge in [0.1, 0.15) is 0 Å². The third-order valence-corrected chi connectivity index (χ3v) is 4.29. The van der Waals surface area contributed by atoms with E-state index in [0.29, 0.717) is 34.1 Å². The number of benzene rings is 2. The second-order valence-corrected chi connectivity index (χ2v) is 6.40. The van der Waals surface area contributed by atoms with Crippen LogP contribution in [0.25, 0.3) is 5.69 Å². The van der Waals surface area contributed by atoms with E-state index in [0.717, 1.165) is 5.69 Å². The first-order valence-electron chi connectivity index (χ1n) is 8.49.